The van der Waals surface area contributed by atoms with Crippen LogP contribution in [0.1, 0.15) is 19.8 Å². The molecular weight excluding hydrogens is 156 g/mol. The maximum atomic E-state index is 7.58. The number of hydrogen-bond donors (Lipinski definition) is 1. The van der Waals surface area contributed by atoms with E-state index in [1.54, 1.807) is 0 Å². The van der Waals surface area contributed by atoms with Crippen LogP contribution in [-0.2, 0) is 0 Å². The maximum absolute atomic E-state index is 7.58. The Morgan fingerprint density at radius 2 is 2.45 bits per heavy atom. The summed E-state index contributed by atoms with van der Waals surface area (Å²) >= 11 is 1.95. The smallest absolute Gasteiger partial charge is 0.0448 e. The van der Waals surface area contributed by atoms with Gasteiger partial charge in [-0.2, -0.15) is 0 Å². The summed E-state index contributed by atoms with van der Waals surface area (Å²) in [6.07, 6.45) is 2.19. The average molecular weight is 172 g/mol. The van der Waals surface area contributed by atoms with Crippen LogP contribution in [-0.4, -0.2) is 35.3 Å². The standard InChI is InChI=1S/C8H16N2S/c1-2-4-10-6-8(9)3-5-11-7-10/h9H,2-7H2,1H3. The Bertz CT molecular complexity index is 136. The molecule has 1 saturated heterocycles. The molecule has 1 aliphatic rings. The van der Waals surface area contributed by atoms with Crippen molar-refractivity contribution in [3.63, 3.8) is 0 Å². The van der Waals surface area contributed by atoms with Crippen LogP contribution in [0.25, 0.3) is 0 Å². The molecule has 0 aromatic carbocycles. The second-order valence-electron chi connectivity index (χ2n) is 2.94. The number of thioether (sulfide) groups is 1. The second-order valence-corrected chi connectivity index (χ2v) is 4.02. The molecule has 11 heavy (non-hydrogen) atoms. The number of nitrogens with one attached hydrogen (secondary N) is 1. The lowest BCUT2D eigenvalue weighted by atomic mass is 10.3. The van der Waals surface area contributed by atoms with E-state index < -0.39 is 0 Å². The maximum Gasteiger partial charge on any atom is 0.0448 e. The second kappa shape index (κ2) is 4.78. The number of hydrogen-bond acceptors (Lipinski definition) is 3. The van der Waals surface area contributed by atoms with Crippen LogP contribution < -0.4 is 0 Å². The van der Waals surface area contributed by atoms with Gasteiger partial charge in [0, 0.05) is 18.1 Å². The molecule has 0 bridgehead atoms. The molecule has 0 radical (unpaired) electrons. The van der Waals surface area contributed by atoms with Gasteiger partial charge in [-0.25, -0.2) is 0 Å². The first-order chi connectivity index (χ1) is 5.33. The molecule has 0 amide bonds. The molecule has 3 heteroatoms. The van der Waals surface area contributed by atoms with Crippen LogP contribution in [0.15, 0.2) is 0 Å². The fourth-order valence-corrected chi connectivity index (χ4v) is 2.24. The van der Waals surface area contributed by atoms with E-state index in [1.165, 1.54) is 6.42 Å². The molecule has 1 heterocycles. The third-order valence-electron chi connectivity index (χ3n) is 1.78. The fraction of sp³-hybridized carbons (Fsp3) is 0.875. The Hall–Kier alpha value is -0.0200. The molecule has 0 aromatic rings. The van der Waals surface area contributed by atoms with Gasteiger partial charge in [0.2, 0.25) is 0 Å². The first-order valence-corrected chi connectivity index (χ1v) is 5.34. The van der Waals surface area contributed by atoms with Gasteiger partial charge in [0.1, 0.15) is 0 Å². The molecule has 0 saturated carbocycles. The van der Waals surface area contributed by atoms with Crippen LogP contribution in [0.5, 0.6) is 0 Å². The highest BCUT2D eigenvalue weighted by Crippen LogP contribution is 2.11. The lowest BCUT2D eigenvalue weighted by molar-refractivity contribution is 0.366. The summed E-state index contributed by atoms with van der Waals surface area (Å²) in [4.78, 5) is 2.36. The van der Waals surface area contributed by atoms with E-state index >= 15 is 0 Å². The van der Waals surface area contributed by atoms with Crippen molar-refractivity contribution in [3.05, 3.63) is 0 Å². The minimum absolute atomic E-state index is 0.904. The van der Waals surface area contributed by atoms with Gasteiger partial charge in [-0.15, -0.1) is 11.8 Å². The summed E-state index contributed by atoms with van der Waals surface area (Å²) in [5, 5.41) is 7.58. The Morgan fingerprint density at radius 3 is 3.18 bits per heavy atom. The Kier molecular flexibility index (Phi) is 3.94. The molecule has 1 fully saturated rings. The summed E-state index contributed by atoms with van der Waals surface area (Å²) in [5.41, 5.74) is 0.906. The van der Waals surface area contributed by atoms with Crippen LogP contribution in [0, 0.1) is 5.41 Å². The molecule has 64 valence electrons. The predicted molar refractivity (Wildman–Crippen MR) is 51.5 cm³/mol. The minimum atomic E-state index is 0.904. The Morgan fingerprint density at radius 1 is 1.64 bits per heavy atom. The minimum Gasteiger partial charge on any atom is -0.308 e. The third kappa shape index (κ3) is 3.25. The summed E-state index contributed by atoms with van der Waals surface area (Å²) in [6.45, 7) is 4.25. The third-order valence-corrected chi connectivity index (χ3v) is 2.82. The SMILES string of the molecule is CCCN1CSCCC(=N)C1. The highest BCUT2D eigenvalue weighted by molar-refractivity contribution is 7.99. The monoisotopic (exact) mass is 172 g/mol. The van der Waals surface area contributed by atoms with E-state index in [4.69, 9.17) is 5.41 Å². The molecule has 1 aliphatic heterocycles. The van der Waals surface area contributed by atoms with Crippen molar-refractivity contribution in [1.82, 2.24) is 4.90 Å². The lowest BCUT2D eigenvalue weighted by Crippen LogP contribution is -2.28. The molecule has 1 rings (SSSR count). The van der Waals surface area contributed by atoms with Gasteiger partial charge >= 0.3 is 0 Å². The quantitative estimate of drug-likeness (QED) is 0.688. The van der Waals surface area contributed by atoms with Crippen molar-refractivity contribution in [2.24, 2.45) is 0 Å². The average Bonchev–Trinajstić information content (AvgIpc) is 2.15. The van der Waals surface area contributed by atoms with Crippen LogP contribution >= 0.6 is 11.8 Å². The highest BCUT2D eigenvalue weighted by Gasteiger charge is 2.10. The predicted octanol–water partition coefficient (Wildman–Crippen LogP) is 1.81. The zero-order chi connectivity index (χ0) is 8.10. The van der Waals surface area contributed by atoms with Crippen molar-refractivity contribution < 1.29 is 0 Å². The largest absolute Gasteiger partial charge is 0.308 e. The van der Waals surface area contributed by atoms with E-state index in [2.05, 4.69) is 11.8 Å². The fourth-order valence-electron chi connectivity index (χ4n) is 1.24. The Balaban J connectivity index is 2.33. The van der Waals surface area contributed by atoms with Gasteiger partial charge in [-0.05, 0) is 25.1 Å². The van der Waals surface area contributed by atoms with Gasteiger partial charge < -0.3 is 5.41 Å². The number of rotatable bonds is 2. The molecule has 1 N–H and O–H groups in total. The van der Waals surface area contributed by atoms with Crippen LogP contribution in [0.2, 0.25) is 0 Å². The van der Waals surface area contributed by atoms with Gasteiger partial charge in [0.15, 0.2) is 0 Å². The summed E-state index contributed by atoms with van der Waals surface area (Å²) in [5.74, 6) is 2.26. The van der Waals surface area contributed by atoms with Crippen molar-refractivity contribution in [2.45, 2.75) is 19.8 Å². The van der Waals surface area contributed by atoms with Crippen LogP contribution in [0.3, 0.4) is 0 Å². The zero-order valence-corrected chi connectivity index (χ0v) is 7.91. The summed E-state index contributed by atoms with van der Waals surface area (Å²) in [7, 11) is 0. The topological polar surface area (TPSA) is 27.1 Å². The molecule has 0 spiro atoms. The van der Waals surface area contributed by atoms with Gasteiger partial charge in [0.05, 0.1) is 0 Å². The van der Waals surface area contributed by atoms with Crippen molar-refractivity contribution in [3.8, 4) is 0 Å². The van der Waals surface area contributed by atoms with Gasteiger partial charge in [-0.1, -0.05) is 6.92 Å². The molecule has 0 aromatic heterocycles. The van der Waals surface area contributed by atoms with Crippen LogP contribution in [0.4, 0.5) is 0 Å². The van der Waals surface area contributed by atoms with Gasteiger partial charge in [0.25, 0.3) is 0 Å². The normalized spacial score (nSPS) is 21.7. The molecule has 0 atom stereocenters. The molecule has 2 nitrogen and oxygen atoms in total. The van der Waals surface area contributed by atoms with Crippen molar-refractivity contribution in [1.29, 1.82) is 5.41 Å². The van der Waals surface area contributed by atoms with E-state index in [0.717, 1.165) is 36.9 Å². The molecule has 0 unspecified atom stereocenters. The highest BCUT2D eigenvalue weighted by atomic mass is 32.2. The zero-order valence-electron chi connectivity index (χ0n) is 7.10. The molecular formula is C8H16N2S. The first kappa shape index (κ1) is 9.07. The van der Waals surface area contributed by atoms with Crippen molar-refractivity contribution >= 4 is 17.5 Å². The van der Waals surface area contributed by atoms with E-state index in [0.29, 0.717) is 0 Å². The summed E-state index contributed by atoms with van der Waals surface area (Å²) < 4.78 is 0. The van der Waals surface area contributed by atoms with E-state index in [1.807, 2.05) is 11.8 Å². The Labute approximate surface area is 72.9 Å². The van der Waals surface area contributed by atoms with E-state index in [9.17, 15) is 0 Å². The van der Waals surface area contributed by atoms with Crippen molar-refractivity contribution in [2.75, 3.05) is 24.7 Å². The van der Waals surface area contributed by atoms with E-state index in [-0.39, 0.29) is 0 Å². The first-order valence-electron chi connectivity index (χ1n) is 4.19. The summed E-state index contributed by atoms with van der Waals surface area (Å²) in [6, 6.07) is 0. The molecule has 0 aliphatic carbocycles. The number of nitrogens with zero attached hydrogens (tertiary/aromatic N) is 1. The lowest BCUT2D eigenvalue weighted by Gasteiger charge is -2.17. The van der Waals surface area contributed by atoms with Gasteiger partial charge in [-0.3, -0.25) is 4.90 Å².